The molecule has 0 aromatic carbocycles. The Morgan fingerprint density at radius 2 is 2.00 bits per heavy atom. The van der Waals surface area contributed by atoms with Gasteiger partial charge >= 0.3 is 6.09 Å². The molecule has 3 N–H and O–H groups in total. The first kappa shape index (κ1) is 24.5. The molecule has 28 heavy (non-hydrogen) atoms. The lowest BCUT2D eigenvalue weighted by Gasteiger charge is -2.20. The molecule has 1 aromatic rings. The van der Waals surface area contributed by atoms with Crippen molar-refractivity contribution in [2.45, 2.75) is 66.0 Å². The number of nitrogens with one attached hydrogen (secondary N) is 3. The van der Waals surface area contributed by atoms with E-state index >= 15 is 0 Å². The van der Waals surface area contributed by atoms with Gasteiger partial charge in [0.2, 0.25) is 0 Å². The molecule has 1 atom stereocenters. The Labute approximate surface area is 184 Å². The Bertz CT molecular complexity index is 610. The van der Waals surface area contributed by atoms with E-state index in [9.17, 15) is 4.79 Å². The number of aromatic nitrogens is 1. The predicted octanol–water partition coefficient (Wildman–Crippen LogP) is 3.00. The van der Waals surface area contributed by atoms with Crippen LogP contribution in [0.15, 0.2) is 9.52 Å². The molecule has 2 rings (SSSR count). The Morgan fingerprint density at radius 3 is 2.57 bits per heavy atom. The molecule has 1 amide bonds. The fraction of sp³-hybridized carbons (Fsp3) is 0.737. The van der Waals surface area contributed by atoms with Gasteiger partial charge in [-0.2, -0.15) is 0 Å². The summed E-state index contributed by atoms with van der Waals surface area (Å²) in [6, 6.07) is 0.0425. The number of alkyl carbamates (subject to hydrolysis) is 1. The van der Waals surface area contributed by atoms with E-state index in [4.69, 9.17) is 14.3 Å². The van der Waals surface area contributed by atoms with E-state index in [1.54, 1.807) is 6.92 Å². The van der Waals surface area contributed by atoms with Crippen molar-refractivity contribution in [1.82, 2.24) is 21.1 Å². The average Bonchev–Trinajstić information content (AvgIpc) is 3.43. The topological polar surface area (TPSA) is 101 Å². The Kier molecular flexibility index (Phi) is 11.2. The van der Waals surface area contributed by atoms with Crippen LogP contribution in [-0.2, 0) is 24.1 Å². The van der Waals surface area contributed by atoms with Crippen molar-refractivity contribution >= 4 is 36.0 Å². The highest BCUT2D eigenvalue weighted by molar-refractivity contribution is 14.0. The zero-order valence-electron chi connectivity index (χ0n) is 17.3. The van der Waals surface area contributed by atoms with Crippen LogP contribution >= 0.6 is 24.0 Å². The number of halogens is 1. The summed E-state index contributed by atoms with van der Waals surface area (Å²) in [5.74, 6) is 2.12. The maximum atomic E-state index is 11.8. The molecule has 160 valence electrons. The summed E-state index contributed by atoms with van der Waals surface area (Å²) < 4.78 is 10.4. The monoisotopic (exact) mass is 507 g/mol. The van der Waals surface area contributed by atoms with Gasteiger partial charge in [0.1, 0.15) is 5.76 Å². The maximum Gasteiger partial charge on any atom is 0.407 e. The van der Waals surface area contributed by atoms with Crippen molar-refractivity contribution in [3.8, 4) is 0 Å². The first-order valence-corrected chi connectivity index (χ1v) is 10.0. The summed E-state index contributed by atoms with van der Waals surface area (Å²) in [4.78, 5) is 16.4. The molecule has 1 fully saturated rings. The van der Waals surface area contributed by atoms with Crippen molar-refractivity contribution < 1.29 is 14.1 Å². The normalized spacial score (nSPS) is 14.8. The molecule has 1 aromatic heterocycles. The lowest BCUT2D eigenvalue weighted by molar-refractivity contribution is 0.146. The number of ether oxygens (including phenoxy) is 1. The quantitative estimate of drug-likeness (QED) is 0.256. The third-order valence-corrected chi connectivity index (χ3v) is 4.61. The van der Waals surface area contributed by atoms with Crippen LogP contribution in [0.3, 0.4) is 0 Å². The molecule has 0 spiro atoms. The van der Waals surface area contributed by atoms with Gasteiger partial charge in [-0.25, -0.2) is 9.79 Å². The summed E-state index contributed by atoms with van der Waals surface area (Å²) in [7, 11) is 0. The smallest absolute Gasteiger partial charge is 0.407 e. The number of hydrogen-bond donors (Lipinski definition) is 3. The van der Waals surface area contributed by atoms with Gasteiger partial charge in [0.25, 0.3) is 0 Å². The Balaban J connectivity index is 0.00000392. The van der Waals surface area contributed by atoms with Crippen LogP contribution in [0.4, 0.5) is 4.79 Å². The molecule has 8 nitrogen and oxygen atoms in total. The molecule has 1 unspecified atom stereocenters. The molecule has 1 aliphatic carbocycles. The van der Waals surface area contributed by atoms with E-state index in [0.717, 1.165) is 55.2 Å². The van der Waals surface area contributed by atoms with Crippen LogP contribution in [0.5, 0.6) is 0 Å². The van der Waals surface area contributed by atoms with Gasteiger partial charge < -0.3 is 25.2 Å². The molecule has 1 saturated carbocycles. The van der Waals surface area contributed by atoms with Crippen LogP contribution in [-0.4, -0.2) is 42.9 Å². The highest BCUT2D eigenvalue weighted by Gasteiger charge is 2.32. The summed E-state index contributed by atoms with van der Waals surface area (Å²) in [5, 5.41) is 13.7. The molecule has 9 heteroatoms. The fourth-order valence-corrected chi connectivity index (χ4v) is 2.98. The molecular weight excluding hydrogens is 473 g/mol. The van der Waals surface area contributed by atoms with Gasteiger partial charge in [-0.1, -0.05) is 19.0 Å². The number of carbonyl (C=O) groups excluding carboxylic acids is 1. The van der Waals surface area contributed by atoms with Gasteiger partial charge in [0.05, 0.1) is 24.9 Å². The minimum absolute atomic E-state index is 0. The average molecular weight is 507 g/mol. The van der Waals surface area contributed by atoms with E-state index in [2.05, 4.69) is 35.0 Å². The van der Waals surface area contributed by atoms with Gasteiger partial charge in [0.15, 0.2) is 5.96 Å². The second kappa shape index (κ2) is 12.8. The molecule has 1 aliphatic rings. The van der Waals surface area contributed by atoms with Crippen molar-refractivity contribution in [3.05, 3.63) is 17.0 Å². The van der Waals surface area contributed by atoms with Crippen molar-refractivity contribution in [2.75, 3.05) is 19.7 Å². The second-order valence-corrected chi connectivity index (χ2v) is 6.62. The molecule has 0 bridgehead atoms. The highest BCUT2D eigenvalue weighted by atomic mass is 127. The fourth-order valence-electron chi connectivity index (χ4n) is 2.98. The van der Waals surface area contributed by atoms with Crippen molar-refractivity contribution in [3.63, 3.8) is 0 Å². The van der Waals surface area contributed by atoms with Crippen LogP contribution in [0.2, 0.25) is 0 Å². The van der Waals surface area contributed by atoms with Gasteiger partial charge in [-0.05, 0) is 39.0 Å². The van der Waals surface area contributed by atoms with Crippen molar-refractivity contribution in [1.29, 1.82) is 0 Å². The third-order valence-electron chi connectivity index (χ3n) is 4.61. The largest absolute Gasteiger partial charge is 0.450 e. The lowest BCUT2D eigenvalue weighted by atomic mass is 10.1. The number of hydrogen-bond acceptors (Lipinski definition) is 5. The number of aliphatic imine (C=N–C) groups is 1. The Hall–Kier alpha value is -1.52. The second-order valence-electron chi connectivity index (χ2n) is 6.62. The van der Waals surface area contributed by atoms with Crippen LogP contribution in [0.25, 0.3) is 0 Å². The maximum absolute atomic E-state index is 11.8. The van der Waals surface area contributed by atoms with Crippen molar-refractivity contribution in [2.24, 2.45) is 10.9 Å². The van der Waals surface area contributed by atoms with Crippen LogP contribution in [0, 0.1) is 5.92 Å². The summed E-state index contributed by atoms with van der Waals surface area (Å²) in [5.41, 5.74) is 2.03. The summed E-state index contributed by atoms with van der Waals surface area (Å²) in [6.07, 6.45) is 3.53. The van der Waals surface area contributed by atoms with E-state index < -0.39 is 0 Å². The predicted molar refractivity (Wildman–Crippen MR) is 120 cm³/mol. The van der Waals surface area contributed by atoms with Crippen LogP contribution < -0.4 is 16.0 Å². The Morgan fingerprint density at radius 1 is 1.25 bits per heavy atom. The van der Waals surface area contributed by atoms with E-state index in [1.807, 2.05) is 6.92 Å². The number of amides is 1. The number of nitrogens with zero attached hydrogens (tertiary/aromatic N) is 2. The zero-order valence-corrected chi connectivity index (χ0v) is 19.7. The number of aryl methyl sites for hydroxylation is 2. The third kappa shape index (κ3) is 7.48. The molecule has 0 aliphatic heterocycles. The highest BCUT2D eigenvalue weighted by Crippen LogP contribution is 2.32. The summed E-state index contributed by atoms with van der Waals surface area (Å²) >= 11 is 0. The van der Waals surface area contributed by atoms with E-state index in [1.165, 1.54) is 0 Å². The lowest BCUT2D eigenvalue weighted by Crippen LogP contribution is -2.48. The summed E-state index contributed by atoms with van der Waals surface area (Å²) in [6.45, 7) is 10.2. The van der Waals surface area contributed by atoms with Gasteiger partial charge in [0, 0.05) is 25.1 Å². The molecule has 0 saturated heterocycles. The molecule has 0 radical (unpaired) electrons. The molecule has 1 heterocycles. The first-order chi connectivity index (χ1) is 13.1. The SMILES string of the molecule is CCNC(=NCc1c(CC)noc1CC)NCC(NC(=O)OCC)C1CC1.I. The minimum atomic E-state index is -0.359. The van der Waals surface area contributed by atoms with Gasteiger partial charge in [-0.3, -0.25) is 0 Å². The minimum Gasteiger partial charge on any atom is -0.450 e. The molecular formula is C19H34IN5O3. The first-order valence-electron chi connectivity index (χ1n) is 10.0. The number of carbonyl (C=O) groups is 1. The van der Waals surface area contributed by atoms with Crippen LogP contribution in [0.1, 0.15) is 57.6 Å². The van der Waals surface area contributed by atoms with E-state index in [0.29, 0.717) is 25.6 Å². The number of guanidine groups is 1. The number of rotatable bonds is 10. The standard InChI is InChI=1S/C19H33N5O3.HI/c1-5-15-14(17(6-2)27-24-15)11-21-18(20-7-3)22-12-16(13-9-10-13)23-19(25)26-8-4;/h13,16H,5-12H2,1-4H3,(H,23,25)(H2,20,21,22);1H. The van der Waals surface area contributed by atoms with Gasteiger partial charge in [-0.15, -0.1) is 24.0 Å². The van der Waals surface area contributed by atoms with E-state index in [-0.39, 0.29) is 36.1 Å². The zero-order chi connectivity index (χ0) is 19.6.